The number of carbonyl (C=O) groups is 1. The molecule has 1 aliphatic heterocycles. The second kappa shape index (κ2) is 10.3. The van der Waals surface area contributed by atoms with Crippen molar-refractivity contribution in [1.82, 2.24) is 4.98 Å². The highest BCUT2D eigenvalue weighted by atomic mass is 19.4. The number of Topliss-reactive ketones (excluding diaryl/α,β-unsaturated/α-hetero) is 1. The molecule has 0 unspecified atom stereocenters. The largest absolute Gasteiger partial charge is 0.481 e. The van der Waals surface area contributed by atoms with Gasteiger partial charge >= 0.3 is 6.18 Å². The molecular weight excluding hydrogens is 486 g/mol. The monoisotopic (exact) mass is 513 g/mol. The number of aromatic nitrogens is 1. The van der Waals surface area contributed by atoms with Crippen LogP contribution in [0.4, 0.5) is 23.2 Å². The van der Waals surface area contributed by atoms with Crippen LogP contribution in [-0.4, -0.2) is 35.8 Å². The lowest BCUT2D eigenvalue weighted by Crippen LogP contribution is -2.36. The lowest BCUT2D eigenvalue weighted by molar-refractivity contribution is -0.117. The number of alkyl halides is 3. The number of aryl methyl sites for hydroxylation is 1. The van der Waals surface area contributed by atoms with Crippen LogP contribution in [0.1, 0.15) is 37.0 Å². The minimum absolute atomic E-state index is 0.0263. The SMILES string of the molecule is COc1cc(-c2ccc(Cc3ccc(N4N=C(C(F)(F)F)[C@@H](C)[C@@H]4CC(C)=O)cc3)c(C)c2)c(F)cn1. The molecule has 1 aromatic heterocycles. The van der Waals surface area contributed by atoms with E-state index in [0.29, 0.717) is 29.1 Å². The molecule has 2 aromatic carbocycles. The lowest BCUT2D eigenvalue weighted by atomic mass is 9.93. The quantitative estimate of drug-likeness (QED) is 0.338. The van der Waals surface area contributed by atoms with E-state index in [2.05, 4.69) is 10.1 Å². The third kappa shape index (κ3) is 5.65. The Morgan fingerprint density at radius 2 is 1.81 bits per heavy atom. The summed E-state index contributed by atoms with van der Waals surface area (Å²) in [5, 5.41) is 5.18. The first-order valence-corrected chi connectivity index (χ1v) is 11.8. The first-order valence-electron chi connectivity index (χ1n) is 11.8. The Morgan fingerprint density at radius 3 is 2.41 bits per heavy atom. The molecule has 0 saturated heterocycles. The smallest absolute Gasteiger partial charge is 0.431 e. The fourth-order valence-corrected chi connectivity index (χ4v) is 4.60. The van der Waals surface area contributed by atoms with Crippen LogP contribution in [-0.2, 0) is 11.2 Å². The molecule has 4 rings (SSSR count). The second-order valence-corrected chi connectivity index (χ2v) is 9.28. The van der Waals surface area contributed by atoms with Crippen molar-refractivity contribution < 1.29 is 27.1 Å². The van der Waals surface area contributed by atoms with E-state index >= 15 is 0 Å². The summed E-state index contributed by atoms with van der Waals surface area (Å²) >= 11 is 0. The summed E-state index contributed by atoms with van der Waals surface area (Å²) in [7, 11) is 1.47. The summed E-state index contributed by atoms with van der Waals surface area (Å²) in [6.45, 7) is 4.76. The number of rotatable bonds is 7. The molecule has 5 nitrogen and oxygen atoms in total. The number of ketones is 1. The van der Waals surface area contributed by atoms with Crippen LogP contribution in [0, 0.1) is 18.7 Å². The molecule has 0 radical (unpaired) electrons. The predicted molar refractivity (Wildman–Crippen MR) is 134 cm³/mol. The van der Waals surface area contributed by atoms with Crippen LogP contribution in [0.5, 0.6) is 5.88 Å². The fraction of sp³-hybridized carbons (Fsp3) is 0.321. The molecule has 1 aliphatic rings. The van der Waals surface area contributed by atoms with Crippen LogP contribution in [0.25, 0.3) is 11.1 Å². The van der Waals surface area contributed by atoms with Gasteiger partial charge in [-0.2, -0.15) is 18.3 Å². The molecule has 9 heteroatoms. The molecule has 0 fully saturated rings. The number of anilines is 1. The van der Waals surface area contributed by atoms with Crippen molar-refractivity contribution in [3.05, 3.63) is 77.2 Å². The van der Waals surface area contributed by atoms with Gasteiger partial charge in [0.1, 0.15) is 17.3 Å². The van der Waals surface area contributed by atoms with Gasteiger partial charge in [0.2, 0.25) is 5.88 Å². The normalized spacial score (nSPS) is 17.6. The van der Waals surface area contributed by atoms with Gasteiger partial charge in [-0.15, -0.1) is 0 Å². The van der Waals surface area contributed by atoms with Crippen molar-refractivity contribution in [2.45, 2.75) is 45.8 Å². The van der Waals surface area contributed by atoms with Gasteiger partial charge in [-0.3, -0.25) is 9.80 Å². The van der Waals surface area contributed by atoms with Crippen molar-refractivity contribution >= 4 is 17.2 Å². The molecular formula is C28H27F4N3O2. The molecule has 3 aromatic rings. The zero-order valence-corrected chi connectivity index (χ0v) is 20.9. The highest BCUT2D eigenvalue weighted by molar-refractivity contribution is 5.96. The Labute approximate surface area is 212 Å². The highest BCUT2D eigenvalue weighted by Crippen LogP contribution is 2.36. The van der Waals surface area contributed by atoms with E-state index < -0.39 is 29.7 Å². The van der Waals surface area contributed by atoms with Crippen LogP contribution in [0.2, 0.25) is 0 Å². The molecule has 194 valence electrons. The molecule has 0 bridgehead atoms. The van der Waals surface area contributed by atoms with Crippen molar-refractivity contribution in [1.29, 1.82) is 0 Å². The van der Waals surface area contributed by atoms with Gasteiger partial charge in [-0.25, -0.2) is 9.37 Å². The number of pyridine rings is 1. The Hall–Kier alpha value is -3.75. The minimum Gasteiger partial charge on any atom is -0.481 e. The van der Waals surface area contributed by atoms with E-state index in [4.69, 9.17) is 4.74 Å². The molecule has 0 N–H and O–H groups in total. The van der Waals surface area contributed by atoms with E-state index in [1.807, 2.05) is 37.3 Å². The van der Waals surface area contributed by atoms with Gasteiger partial charge in [0, 0.05) is 24.0 Å². The van der Waals surface area contributed by atoms with Gasteiger partial charge in [0.05, 0.1) is 25.0 Å². The van der Waals surface area contributed by atoms with E-state index in [1.165, 1.54) is 26.0 Å². The summed E-state index contributed by atoms with van der Waals surface area (Å²) in [5.74, 6) is -1.24. The molecule has 0 amide bonds. The van der Waals surface area contributed by atoms with Crippen molar-refractivity contribution in [2.24, 2.45) is 11.0 Å². The van der Waals surface area contributed by atoms with Crippen molar-refractivity contribution in [3.63, 3.8) is 0 Å². The van der Waals surface area contributed by atoms with Gasteiger partial charge in [0.15, 0.2) is 0 Å². The Bertz CT molecular complexity index is 1340. The number of nitrogens with zero attached hydrogens (tertiary/aromatic N) is 3. The maximum atomic E-state index is 14.3. The number of carbonyl (C=O) groups excluding carboxylic acids is 1. The summed E-state index contributed by atoms with van der Waals surface area (Å²) < 4.78 is 59.9. The van der Waals surface area contributed by atoms with Crippen LogP contribution in [0.3, 0.4) is 0 Å². The Morgan fingerprint density at radius 1 is 1.11 bits per heavy atom. The van der Waals surface area contributed by atoms with Crippen molar-refractivity contribution in [3.8, 4) is 17.0 Å². The van der Waals surface area contributed by atoms with Crippen LogP contribution in [0.15, 0.2) is 59.8 Å². The zero-order valence-electron chi connectivity index (χ0n) is 20.9. The molecule has 0 aliphatic carbocycles. The maximum absolute atomic E-state index is 14.3. The van der Waals surface area contributed by atoms with Gasteiger partial charge < -0.3 is 4.74 Å². The molecule has 37 heavy (non-hydrogen) atoms. The minimum atomic E-state index is -4.56. The Balaban J connectivity index is 1.55. The summed E-state index contributed by atoms with van der Waals surface area (Å²) in [6, 6.07) is 13.6. The number of ether oxygens (including phenoxy) is 1. The number of hydrazone groups is 1. The van der Waals surface area contributed by atoms with Gasteiger partial charge in [-0.05, 0) is 54.7 Å². The van der Waals surface area contributed by atoms with Crippen LogP contribution < -0.4 is 9.75 Å². The summed E-state index contributed by atoms with van der Waals surface area (Å²) in [4.78, 5) is 15.6. The molecule has 2 atom stereocenters. The topological polar surface area (TPSA) is 54.8 Å². The number of hydrogen-bond donors (Lipinski definition) is 0. The lowest BCUT2D eigenvalue weighted by Gasteiger charge is -2.26. The van der Waals surface area contributed by atoms with E-state index in [9.17, 15) is 22.4 Å². The standard InChI is InChI=1S/C28H27F4N3O2/c1-16-11-21(23-14-26(37-4)33-15-24(23)29)8-7-20(16)13-19-5-9-22(10-6-19)35-25(12-17(2)36)18(3)27(34-35)28(30,31)32/h5-11,14-15,18,25H,12-13H2,1-4H3/t18-,25-/m0/s1. The second-order valence-electron chi connectivity index (χ2n) is 9.28. The zero-order chi connectivity index (χ0) is 26.9. The highest BCUT2D eigenvalue weighted by Gasteiger charge is 2.48. The average molecular weight is 514 g/mol. The fourth-order valence-electron chi connectivity index (χ4n) is 4.60. The summed E-state index contributed by atoms with van der Waals surface area (Å²) in [5.41, 5.74) is 3.66. The van der Waals surface area contributed by atoms with E-state index in [-0.39, 0.29) is 12.2 Å². The predicted octanol–water partition coefficient (Wildman–Crippen LogP) is 6.52. The summed E-state index contributed by atoms with van der Waals surface area (Å²) in [6.07, 6.45) is -2.87. The van der Waals surface area contributed by atoms with Crippen molar-refractivity contribution in [2.75, 3.05) is 12.1 Å². The van der Waals surface area contributed by atoms with E-state index in [1.54, 1.807) is 18.2 Å². The first-order chi connectivity index (χ1) is 17.5. The van der Waals surface area contributed by atoms with Gasteiger partial charge in [0.25, 0.3) is 0 Å². The molecule has 0 spiro atoms. The molecule has 0 saturated carbocycles. The van der Waals surface area contributed by atoms with Gasteiger partial charge in [-0.1, -0.05) is 37.3 Å². The third-order valence-electron chi connectivity index (χ3n) is 6.61. The van der Waals surface area contributed by atoms with E-state index in [0.717, 1.165) is 22.9 Å². The maximum Gasteiger partial charge on any atom is 0.431 e. The average Bonchev–Trinajstić information content (AvgIpc) is 3.17. The Kier molecular flexibility index (Phi) is 7.34. The number of hydrogen-bond acceptors (Lipinski definition) is 5. The number of halogens is 4. The first kappa shape index (κ1) is 26.3. The number of methoxy groups -OCH3 is 1. The molecule has 2 heterocycles. The van der Waals surface area contributed by atoms with Crippen LogP contribution >= 0.6 is 0 Å². The third-order valence-corrected chi connectivity index (χ3v) is 6.61. The number of benzene rings is 2.